The van der Waals surface area contributed by atoms with E-state index in [1.165, 1.54) is 0 Å². The minimum atomic E-state index is -0.855. The average Bonchev–Trinajstić information content (AvgIpc) is 2.76. The van der Waals surface area contributed by atoms with Crippen LogP contribution in [0.1, 0.15) is 48.0 Å². The summed E-state index contributed by atoms with van der Waals surface area (Å²) in [6.07, 6.45) is 3.45. The molecule has 4 heteroatoms. The topological polar surface area (TPSA) is 66.4 Å². The lowest BCUT2D eigenvalue weighted by Gasteiger charge is -2.29. The molecule has 102 valence electrons. The molecule has 1 fully saturated rings. The third-order valence-electron chi connectivity index (χ3n) is 3.82. The number of rotatable bonds is 4. The van der Waals surface area contributed by atoms with E-state index in [0.29, 0.717) is 5.56 Å². The van der Waals surface area contributed by atoms with E-state index in [-0.39, 0.29) is 12.3 Å². The van der Waals surface area contributed by atoms with Crippen LogP contribution in [0.4, 0.5) is 0 Å². The first-order valence-electron chi connectivity index (χ1n) is 6.62. The van der Waals surface area contributed by atoms with Crippen molar-refractivity contribution in [2.45, 2.75) is 44.6 Å². The van der Waals surface area contributed by atoms with Crippen LogP contribution in [0.25, 0.3) is 0 Å². The van der Waals surface area contributed by atoms with Crippen LogP contribution in [0, 0.1) is 6.92 Å². The highest BCUT2D eigenvalue weighted by molar-refractivity contribution is 5.96. The van der Waals surface area contributed by atoms with Gasteiger partial charge >= 0.3 is 5.97 Å². The third kappa shape index (κ3) is 3.13. The molecule has 1 amide bonds. The molecule has 4 nitrogen and oxygen atoms in total. The molecule has 1 aliphatic carbocycles. The molecule has 19 heavy (non-hydrogen) atoms. The van der Waals surface area contributed by atoms with Crippen LogP contribution in [0.15, 0.2) is 24.3 Å². The number of benzene rings is 1. The van der Waals surface area contributed by atoms with Crippen molar-refractivity contribution in [3.63, 3.8) is 0 Å². The van der Waals surface area contributed by atoms with Crippen molar-refractivity contribution >= 4 is 11.9 Å². The molecule has 0 unspecified atom stereocenters. The predicted octanol–water partition coefficient (Wildman–Crippen LogP) is 2.51. The third-order valence-corrected chi connectivity index (χ3v) is 3.82. The summed E-state index contributed by atoms with van der Waals surface area (Å²) in [5, 5.41) is 12.0. The van der Waals surface area contributed by atoms with E-state index in [1.54, 1.807) is 6.07 Å². The Morgan fingerprint density at radius 3 is 2.47 bits per heavy atom. The van der Waals surface area contributed by atoms with Crippen LogP contribution < -0.4 is 5.32 Å². The van der Waals surface area contributed by atoms with Crippen LogP contribution in [-0.4, -0.2) is 22.5 Å². The number of aliphatic carboxylic acids is 1. The summed E-state index contributed by atoms with van der Waals surface area (Å²) in [6.45, 7) is 1.88. The largest absolute Gasteiger partial charge is 0.481 e. The Bertz CT molecular complexity index is 490. The van der Waals surface area contributed by atoms with Crippen molar-refractivity contribution in [3.8, 4) is 0 Å². The second-order valence-electron chi connectivity index (χ2n) is 5.33. The lowest BCUT2D eigenvalue weighted by molar-refractivity contribution is -0.138. The van der Waals surface area contributed by atoms with Crippen LogP contribution in [0.5, 0.6) is 0 Å². The summed E-state index contributed by atoms with van der Waals surface area (Å²) in [7, 11) is 0. The van der Waals surface area contributed by atoms with Crippen molar-refractivity contribution in [2.24, 2.45) is 0 Å². The summed E-state index contributed by atoms with van der Waals surface area (Å²) in [4.78, 5) is 23.3. The molecule has 0 atom stereocenters. The highest BCUT2D eigenvalue weighted by Crippen LogP contribution is 2.33. The maximum Gasteiger partial charge on any atom is 0.305 e. The Hall–Kier alpha value is -1.84. The highest BCUT2D eigenvalue weighted by atomic mass is 16.4. The number of aryl methyl sites for hydroxylation is 1. The van der Waals surface area contributed by atoms with Gasteiger partial charge < -0.3 is 10.4 Å². The Morgan fingerprint density at radius 1 is 1.26 bits per heavy atom. The molecule has 1 saturated carbocycles. The molecule has 1 aromatic carbocycles. The number of hydrogen-bond donors (Lipinski definition) is 2. The molecule has 2 N–H and O–H groups in total. The summed E-state index contributed by atoms with van der Waals surface area (Å²) in [6, 6.07) is 7.36. The van der Waals surface area contributed by atoms with Crippen molar-refractivity contribution in [1.82, 2.24) is 5.32 Å². The minimum absolute atomic E-state index is 0.00458. The molecule has 0 aromatic heterocycles. The monoisotopic (exact) mass is 261 g/mol. The van der Waals surface area contributed by atoms with E-state index < -0.39 is 11.5 Å². The molecule has 1 aromatic rings. The molecule has 1 aliphatic rings. The predicted molar refractivity (Wildman–Crippen MR) is 72.1 cm³/mol. The van der Waals surface area contributed by atoms with Gasteiger partial charge in [-0.25, -0.2) is 0 Å². The molecule has 0 spiro atoms. The number of hydrogen-bond acceptors (Lipinski definition) is 2. The van der Waals surface area contributed by atoms with E-state index in [0.717, 1.165) is 31.2 Å². The molecule has 2 rings (SSSR count). The number of carboxylic acid groups (broad SMARTS) is 1. The van der Waals surface area contributed by atoms with Gasteiger partial charge in [0.25, 0.3) is 5.91 Å². The van der Waals surface area contributed by atoms with E-state index in [1.807, 2.05) is 25.1 Å². The second kappa shape index (κ2) is 5.43. The van der Waals surface area contributed by atoms with Crippen molar-refractivity contribution in [3.05, 3.63) is 35.4 Å². The second-order valence-corrected chi connectivity index (χ2v) is 5.33. The standard InChI is InChI=1S/C15H19NO3/c1-11-6-2-3-7-12(11)14(19)16-15(10-13(17)18)8-4-5-9-15/h2-3,6-7H,4-5,8-10H2,1H3,(H,16,19)(H,17,18). The summed E-state index contributed by atoms with van der Waals surface area (Å²) >= 11 is 0. The molecule has 0 heterocycles. The quantitative estimate of drug-likeness (QED) is 0.875. The normalized spacial score (nSPS) is 17.1. The fourth-order valence-electron chi connectivity index (χ4n) is 2.82. The lowest BCUT2D eigenvalue weighted by Crippen LogP contribution is -2.48. The van der Waals surface area contributed by atoms with Gasteiger partial charge in [-0.2, -0.15) is 0 Å². The van der Waals surface area contributed by atoms with Crippen LogP contribution in [0.2, 0.25) is 0 Å². The Labute approximate surface area is 112 Å². The molecule has 0 saturated heterocycles. The number of carbonyl (C=O) groups is 2. The van der Waals surface area contributed by atoms with Gasteiger partial charge in [0.1, 0.15) is 0 Å². The Balaban J connectivity index is 2.16. The summed E-state index contributed by atoms with van der Waals surface area (Å²) in [5.41, 5.74) is 0.966. The first-order chi connectivity index (χ1) is 9.02. The number of amides is 1. The SMILES string of the molecule is Cc1ccccc1C(=O)NC1(CC(=O)O)CCCC1. The maximum absolute atomic E-state index is 12.3. The molecule has 0 radical (unpaired) electrons. The lowest BCUT2D eigenvalue weighted by atomic mass is 9.92. The molecule has 0 aliphatic heterocycles. The zero-order valence-corrected chi connectivity index (χ0v) is 11.1. The van der Waals surface area contributed by atoms with Crippen LogP contribution in [0.3, 0.4) is 0 Å². The zero-order valence-electron chi connectivity index (χ0n) is 11.1. The van der Waals surface area contributed by atoms with Crippen molar-refractivity contribution in [2.75, 3.05) is 0 Å². The van der Waals surface area contributed by atoms with Gasteiger partial charge in [-0.15, -0.1) is 0 Å². The van der Waals surface area contributed by atoms with Crippen molar-refractivity contribution in [1.29, 1.82) is 0 Å². The van der Waals surface area contributed by atoms with Gasteiger partial charge in [-0.1, -0.05) is 31.0 Å². The van der Waals surface area contributed by atoms with E-state index in [4.69, 9.17) is 5.11 Å². The molecular weight excluding hydrogens is 242 g/mol. The van der Waals surface area contributed by atoms with Gasteiger partial charge in [0.15, 0.2) is 0 Å². The molecular formula is C15H19NO3. The van der Waals surface area contributed by atoms with Gasteiger partial charge in [0.2, 0.25) is 0 Å². The highest BCUT2D eigenvalue weighted by Gasteiger charge is 2.37. The fraction of sp³-hybridized carbons (Fsp3) is 0.467. The number of carboxylic acids is 1. The number of nitrogens with one attached hydrogen (secondary N) is 1. The smallest absolute Gasteiger partial charge is 0.305 e. The van der Waals surface area contributed by atoms with E-state index in [2.05, 4.69) is 5.32 Å². The van der Waals surface area contributed by atoms with Crippen LogP contribution in [-0.2, 0) is 4.79 Å². The van der Waals surface area contributed by atoms with Gasteiger partial charge in [-0.05, 0) is 31.4 Å². The molecule has 0 bridgehead atoms. The zero-order chi connectivity index (χ0) is 13.9. The fourth-order valence-corrected chi connectivity index (χ4v) is 2.82. The first-order valence-corrected chi connectivity index (χ1v) is 6.62. The van der Waals surface area contributed by atoms with Gasteiger partial charge in [0.05, 0.1) is 12.0 Å². The van der Waals surface area contributed by atoms with Crippen molar-refractivity contribution < 1.29 is 14.7 Å². The van der Waals surface area contributed by atoms with Crippen LogP contribution >= 0.6 is 0 Å². The average molecular weight is 261 g/mol. The maximum atomic E-state index is 12.3. The Morgan fingerprint density at radius 2 is 1.89 bits per heavy atom. The van der Waals surface area contributed by atoms with E-state index >= 15 is 0 Å². The summed E-state index contributed by atoms with van der Waals surface area (Å²) in [5.74, 6) is -1.02. The Kier molecular flexibility index (Phi) is 3.88. The van der Waals surface area contributed by atoms with Gasteiger partial charge in [-0.3, -0.25) is 9.59 Å². The summed E-state index contributed by atoms with van der Waals surface area (Å²) < 4.78 is 0. The number of carbonyl (C=O) groups excluding carboxylic acids is 1. The first kappa shape index (κ1) is 13.6. The van der Waals surface area contributed by atoms with E-state index in [9.17, 15) is 9.59 Å². The minimum Gasteiger partial charge on any atom is -0.481 e. The van der Waals surface area contributed by atoms with Gasteiger partial charge in [0, 0.05) is 5.56 Å².